The highest BCUT2D eigenvalue weighted by atomic mass is 16.6. The molecule has 0 atom stereocenters. The number of ether oxygens (including phenoxy) is 2. The number of pyridine rings is 1. The normalized spacial score (nSPS) is 10.7. The van der Waals surface area contributed by atoms with E-state index in [9.17, 15) is 19.2 Å². The molecule has 0 spiro atoms. The first-order valence-corrected chi connectivity index (χ1v) is 13.8. The summed E-state index contributed by atoms with van der Waals surface area (Å²) in [5.74, 6) is -0.905. The Morgan fingerprint density at radius 1 is 0.860 bits per heavy atom. The molecule has 43 heavy (non-hydrogen) atoms. The van der Waals surface area contributed by atoms with E-state index in [1.54, 1.807) is 77.2 Å². The molecule has 4 amide bonds. The lowest BCUT2D eigenvalue weighted by molar-refractivity contribution is -0.143. The number of hydrogen-bond acceptors (Lipinski definition) is 8. The molecule has 12 heteroatoms. The molecular formula is C31H38N6O6. The third-order valence-electron chi connectivity index (χ3n) is 5.84. The molecule has 0 saturated heterocycles. The number of carbonyl (C=O) groups is 4. The van der Waals surface area contributed by atoms with Crippen molar-refractivity contribution in [3.05, 3.63) is 78.1 Å². The maximum atomic E-state index is 13.1. The number of benzene rings is 2. The van der Waals surface area contributed by atoms with E-state index in [-0.39, 0.29) is 31.8 Å². The van der Waals surface area contributed by atoms with Crippen molar-refractivity contribution in [2.24, 2.45) is 0 Å². The van der Waals surface area contributed by atoms with Crippen LogP contribution in [0.4, 0.5) is 32.3 Å². The van der Waals surface area contributed by atoms with E-state index in [0.717, 1.165) is 5.69 Å². The molecule has 0 fully saturated rings. The van der Waals surface area contributed by atoms with Crippen LogP contribution in [-0.2, 0) is 20.8 Å². The first-order chi connectivity index (χ1) is 20.5. The Bertz CT molecular complexity index is 1400. The largest absolute Gasteiger partial charge is 0.466 e. The van der Waals surface area contributed by atoms with Crippen LogP contribution in [0.3, 0.4) is 0 Å². The highest BCUT2D eigenvalue weighted by molar-refractivity contribution is 6.05. The number of urea groups is 1. The first kappa shape index (κ1) is 32.4. The minimum absolute atomic E-state index is 0.0185. The minimum Gasteiger partial charge on any atom is -0.466 e. The van der Waals surface area contributed by atoms with Crippen LogP contribution in [0, 0.1) is 0 Å². The van der Waals surface area contributed by atoms with E-state index in [4.69, 9.17) is 9.47 Å². The van der Waals surface area contributed by atoms with Crippen LogP contribution in [-0.4, -0.2) is 59.7 Å². The second-order valence-corrected chi connectivity index (χ2v) is 10.4. The molecule has 0 aliphatic rings. The Hall–Kier alpha value is -5.13. The summed E-state index contributed by atoms with van der Waals surface area (Å²) in [7, 11) is 1.80. The number of nitrogens with one attached hydrogen (secondary N) is 4. The van der Waals surface area contributed by atoms with E-state index in [1.165, 1.54) is 17.2 Å². The van der Waals surface area contributed by atoms with E-state index in [0.29, 0.717) is 22.6 Å². The molecule has 228 valence electrons. The van der Waals surface area contributed by atoms with Gasteiger partial charge in [-0.2, -0.15) is 0 Å². The quantitative estimate of drug-likeness (QED) is 0.207. The molecule has 1 aromatic heterocycles. The molecule has 0 aliphatic heterocycles. The maximum Gasteiger partial charge on any atom is 0.412 e. The number of aromatic nitrogens is 1. The van der Waals surface area contributed by atoms with Gasteiger partial charge in [0.05, 0.1) is 24.4 Å². The van der Waals surface area contributed by atoms with Crippen molar-refractivity contribution in [2.75, 3.05) is 41.5 Å². The molecule has 0 saturated carbocycles. The van der Waals surface area contributed by atoms with Crippen molar-refractivity contribution < 1.29 is 28.7 Å². The Kier molecular flexibility index (Phi) is 11.4. The third-order valence-corrected chi connectivity index (χ3v) is 5.84. The topological polar surface area (TPSA) is 151 Å². The molecule has 4 N–H and O–H groups in total. The Labute approximate surface area is 251 Å². The number of rotatable bonds is 11. The lowest BCUT2D eigenvalue weighted by Crippen LogP contribution is -2.36. The molecule has 3 rings (SSSR count). The van der Waals surface area contributed by atoms with Crippen LogP contribution < -0.4 is 21.3 Å². The molecule has 0 radical (unpaired) electrons. The average Bonchev–Trinajstić information content (AvgIpc) is 2.96. The highest BCUT2D eigenvalue weighted by Crippen LogP contribution is 2.23. The van der Waals surface area contributed by atoms with E-state index in [1.807, 2.05) is 12.1 Å². The summed E-state index contributed by atoms with van der Waals surface area (Å²) in [6.45, 7) is 7.48. The van der Waals surface area contributed by atoms with E-state index < -0.39 is 29.6 Å². The predicted octanol–water partition coefficient (Wildman–Crippen LogP) is 5.71. The fraction of sp³-hybridized carbons (Fsp3) is 0.323. The van der Waals surface area contributed by atoms with Crippen molar-refractivity contribution in [2.45, 2.75) is 46.3 Å². The van der Waals surface area contributed by atoms with Gasteiger partial charge in [-0.15, -0.1) is 0 Å². The van der Waals surface area contributed by atoms with Gasteiger partial charge in [0.15, 0.2) is 0 Å². The van der Waals surface area contributed by atoms with Gasteiger partial charge in [-0.1, -0.05) is 18.2 Å². The van der Waals surface area contributed by atoms with Crippen LogP contribution in [0.1, 0.15) is 50.2 Å². The first-order valence-electron chi connectivity index (χ1n) is 13.8. The molecule has 1 heterocycles. The van der Waals surface area contributed by atoms with Crippen LogP contribution in [0.25, 0.3) is 0 Å². The van der Waals surface area contributed by atoms with E-state index in [2.05, 4.69) is 26.3 Å². The van der Waals surface area contributed by atoms with Gasteiger partial charge in [0.2, 0.25) is 0 Å². The zero-order valence-corrected chi connectivity index (χ0v) is 25.0. The number of amides is 4. The molecule has 0 unspecified atom stereocenters. The van der Waals surface area contributed by atoms with Gasteiger partial charge in [0.25, 0.3) is 5.91 Å². The summed E-state index contributed by atoms with van der Waals surface area (Å²) in [4.78, 5) is 56.1. The van der Waals surface area contributed by atoms with Gasteiger partial charge in [0, 0.05) is 37.7 Å². The molecule has 0 bridgehead atoms. The summed E-state index contributed by atoms with van der Waals surface area (Å²) in [5.41, 5.74) is 2.32. The van der Waals surface area contributed by atoms with Crippen molar-refractivity contribution in [3.63, 3.8) is 0 Å². The van der Waals surface area contributed by atoms with Crippen molar-refractivity contribution in [1.29, 1.82) is 0 Å². The fourth-order valence-corrected chi connectivity index (χ4v) is 3.81. The van der Waals surface area contributed by atoms with Gasteiger partial charge in [-0.05, 0) is 75.7 Å². The second-order valence-electron chi connectivity index (χ2n) is 10.4. The Balaban J connectivity index is 1.69. The number of nitrogens with zero attached hydrogens (tertiary/aromatic N) is 2. The summed E-state index contributed by atoms with van der Waals surface area (Å²) >= 11 is 0. The number of carbonyl (C=O) groups excluding carboxylic acids is 4. The molecule has 12 nitrogen and oxygen atoms in total. The van der Waals surface area contributed by atoms with Crippen molar-refractivity contribution >= 4 is 46.8 Å². The Morgan fingerprint density at radius 2 is 1.51 bits per heavy atom. The van der Waals surface area contributed by atoms with Crippen LogP contribution >= 0.6 is 0 Å². The summed E-state index contributed by atoms with van der Waals surface area (Å²) in [6.07, 6.45) is 0.861. The number of hydrogen-bond donors (Lipinski definition) is 4. The lowest BCUT2D eigenvalue weighted by atomic mass is 10.2. The molecule has 2 aromatic carbocycles. The third kappa shape index (κ3) is 10.7. The fourth-order valence-electron chi connectivity index (χ4n) is 3.81. The zero-order valence-electron chi connectivity index (χ0n) is 25.0. The van der Waals surface area contributed by atoms with Gasteiger partial charge >= 0.3 is 18.1 Å². The van der Waals surface area contributed by atoms with Crippen LogP contribution in [0.5, 0.6) is 0 Å². The molecule has 3 aromatic rings. The van der Waals surface area contributed by atoms with Crippen molar-refractivity contribution in [1.82, 2.24) is 9.88 Å². The van der Waals surface area contributed by atoms with Gasteiger partial charge in [-0.25, -0.2) is 9.59 Å². The molecular weight excluding hydrogens is 552 g/mol. The predicted molar refractivity (Wildman–Crippen MR) is 165 cm³/mol. The van der Waals surface area contributed by atoms with E-state index >= 15 is 0 Å². The second kappa shape index (κ2) is 15.2. The summed E-state index contributed by atoms with van der Waals surface area (Å²) in [6, 6.07) is 16.7. The molecule has 0 aliphatic carbocycles. The smallest absolute Gasteiger partial charge is 0.412 e. The SMILES string of the molecule is CCOC(=O)CCN(Cc1ccc(C(=O)Nc2ccccc2NC(=O)OC(C)(C)C)nc1)C(=O)Nc1ccc(NC)cc1. The highest BCUT2D eigenvalue weighted by Gasteiger charge is 2.19. The average molecular weight is 591 g/mol. The number of para-hydroxylation sites is 2. The monoisotopic (exact) mass is 590 g/mol. The number of esters is 1. The zero-order chi connectivity index (χ0) is 31.4. The van der Waals surface area contributed by atoms with Gasteiger partial charge in [-0.3, -0.25) is 19.9 Å². The van der Waals surface area contributed by atoms with Crippen LogP contribution in [0.2, 0.25) is 0 Å². The Morgan fingerprint density at radius 3 is 2.09 bits per heavy atom. The van der Waals surface area contributed by atoms with Crippen LogP contribution in [0.15, 0.2) is 66.9 Å². The summed E-state index contributed by atoms with van der Waals surface area (Å²) < 4.78 is 10.3. The minimum atomic E-state index is -0.680. The number of anilines is 4. The standard InChI is InChI=1S/C31H38N6O6/c1-6-42-27(38)17-18-37(29(40)34-23-14-12-22(32-5)13-15-23)20-21-11-16-26(33-19-21)28(39)35-24-9-7-8-10-25(24)36-30(41)43-31(2,3)4/h7-16,19,32H,6,17-18,20H2,1-5H3,(H,34,40)(H,35,39)(H,36,41). The van der Waals surface area contributed by atoms with Gasteiger partial charge < -0.3 is 30.3 Å². The summed E-state index contributed by atoms with van der Waals surface area (Å²) in [5, 5.41) is 11.3. The maximum absolute atomic E-state index is 13.1. The lowest BCUT2D eigenvalue weighted by Gasteiger charge is -2.23. The van der Waals surface area contributed by atoms with Crippen molar-refractivity contribution in [3.8, 4) is 0 Å². The van der Waals surface area contributed by atoms with Gasteiger partial charge in [0.1, 0.15) is 11.3 Å².